The fourth-order valence-electron chi connectivity index (χ4n) is 4.05. The van der Waals surface area contributed by atoms with Crippen molar-refractivity contribution in [2.75, 3.05) is 26.9 Å². The molecule has 1 unspecified atom stereocenters. The second kappa shape index (κ2) is 9.51. The summed E-state index contributed by atoms with van der Waals surface area (Å²) in [7, 11) is 1.62. The highest BCUT2D eigenvalue weighted by Gasteiger charge is 2.33. The lowest BCUT2D eigenvalue weighted by Crippen LogP contribution is -2.23. The molecule has 1 aliphatic carbocycles. The van der Waals surface area contributed by atoms with Gasteiger partial charge in [0.05, 0.1) is 20.3 Å². The number of hydrogen-bond acceptors (Lipinski definition) is 5. The Balaban J connectivity index is 0.00000240. The minimum absolute atomic E-state index is 0. The van der Waals surface area contributed by atoms with Crippen molar-refractivity contribution >= 4 is 18.2 Å². The summed E-state index contributed by atoms with van der Waals surface area (Å²) < 4.78 is 17.5. The summed E-state index contributed by atoms with van der Waals surface area (Å²) in [6, 6.07) is 9.88. The summed E-state index contributed by atoms with van der Waals surface area (Å²) >= 11 is 0. The molecule has 0 spiro atoms. The van der Waals surface area contributed by atoms with Crippen molar-refractivity contribution in [3.63, 3.8) is 0 Å². The molecule has 29 heavy (non-hydrogen) atoms. The lowest BCUT2D eigenvalue weighted by molar-refractivity contribution is 0.104. The van der Waals surface area contributed by atoms with E-state index in [0.717, 1.165) is 36.3 Å². The van der Waals surface area contributed by atoms with Crippen molar-refractivity contribution in [2.24, 2.45) is 0 Å². The molecule has 2 aromatic carbocycles. The summed E-state index contributed by atoms with van der Waals surface area (Å²) in [4.78, 5) is 13.0. The summed E-state index contributed by atoms with van der Waals surface area (Å²) in [5.74, 6) is 2.04. The van der Waals surface area contributed by atoms with E-state index in [9.17, 15) is 4.79 Å². The maximum atomic E-state index is 13.0. The third-order valence-corrected chi connectivity index (χ3v) is 5.42. The average molecular weight is 418 g/mol. The number of carbonyl (C=O) groups is 1. The van der Waals surface area contributed by atoms with Crippen LogP contribution in [0.3, 0.4) is 0 Å². The van der Waals surface area contributed by atoms with E-state index >= 15 is 0 Å². The van der Waals surface area contributed by atoms with Crippen molar-refractivity contribution in [3.8, 4) is 28.4 Å². The second-order valence-electron chi connectivity index (χ2n) is 7.33. The zero-order valence-corrected chi connectivity index (χ0v) is 17.8. The van der Waals surface area contributed by atoms with Crippen LogP contribution < -0.4 is 19.5 Å². The summed E-state index contributed by atoms with van der Waals surface area (Å²) in [6.07, 6.45) is 4.30. The molecule has 2 aromatic rings. The van der Waals surface area contributed by atoms with Crippen molar-refractivity contribution in [1.82, 2.24) is 5.32 Å². The van der Waals surface area contributed by atoms with Gasteiger partial charge in [-0.15, -0.1) is 12.4 Å². The Morgan fingerprint density at radius 2 is 1.90 bits per heavy atom. The zero-order valence-electron chi connectivity index (χ0n) is 17.0. The van der Waals surface area contributed by atoms with Crippen LogP contribution in [0.15, 0.2) is 30.3 Å². The van der Waals surface area contributed by atoms with E-state index in [2.05, 4.69) is 12.2 Å². The molecule has 0 aromatic heterocycles. The minimum Gasteiger partial charge on any atom is -0.496 e. The van der Waals surface area contributed by atoms with Gasteiger partial charge in [0.1, 0.15) is 17.2 Å². The number of ketones is 1. The fourth-order valence-corrected chi connectivity index (χ4v) is 4.05. The molecule has 5 nitrogen and oxygen atoms in total. The van der Waals surface area contributed by atoms with Crippen molar-refractivity contribution in [3.05, 3.63) is 41.5 Å². The van der Waals surface area contributed by atoms with Gasteiger partial charge in [0.25, 0.3) is 0 Å². The van der Waals surface area contributed by atoms with Gasteiger partial charge in [-0.3, -0.25) is 4.79 Å². The lowest BCUT2D eigenvalue weighted by atomic mass is 10.0. The van der Waals surface area contributed by atoms with Gasteiger partial charge in [-0.25, -0.2) is 0 Å². The van der Waals surface area contributed by atoms with Crippen LogP contribution in [0, 0.1) is 0 Å². The zero-order chi connectivity index (χ0) is 19.5. The van der Waals surface area contributed by atoms with E-state index in [4.69, 9.17) is 14.2 Å². The average Bonchev–Trinajstić information content (AvgIpc) is 3.33. The van der Waals surface area contributed by atoms with Gasteiger partial charge in [-0.2, -0.15) is 0 Å². The van der Waals surface area contributed by atoms with Crippen molar-refractivity contribution in [1.29, 1.82) is 0 Å². The predicted octanol–water partition coefficient (Wildman–Crippen LogP) is 4.64. The van der Waals surface area contributed by atoms with Crippen LogP contribution in [0.2, 0.25) is 0 Å². The number of benzene rings is 2. The van der Waals surface area contributed by atoms with E-state index < -0.39 is 0 Å². The molecule has 1 atom stereocenters. The molecule has 4 rings (SSSR count). The van der Waals surface area contributed by atoms with Crippen LogP contribution in [-0.2, 0) is 0 Å². The molecule has 0 bridgehead atoms. The minimum atomic E-state index is -0.00634. The molecule has 1 heterocycles. The Labute approximate surface area is 178 Å². The van der Waals surface area contributed by atoms with Crippen molar-refractivity contribution < 1.29 is 19.0 Å². The number of fused-ring (bicyclic) bond motifs is 3. The predicted molar refractivity (Wildman–Crippen MR) is 116 cm³/mol. The Kier molecular flexibility index (Phi) is 7.04. The smallest absolute Gasteiger partial charge is 0.194 e. The number of nitrogens with one attached hydrogen (secondary N) is 1. The standard InChI is InChI=1S/C23H27NO4.ClH/c1-3-11-27-16-13-18-22(20(14-16)26-2)21-17(23(18)25)7-4-8-19(21)28-12-9-15-6-5-10-24-15;/h4,7-8,13-15,24H,3,5-6,9-12H2,1-2H3;1H. The Morgan fingerprint density at radius 3 is 2.62 bits per heavy atom. The topological polar surface area (TPSA) is 56.8 Å². The molecule has 0 amide bonds. The molecule has 156 valence electrons. The molecular formula is C23H28ClNO4. The largest absolute Gasteiger partial charge is 0.496 e. The van der Waals surface area contributed by atoms with Crippen LogP contribution in [-0.4, -0.2) is 38.7 Å². The van der Waals surface area contributed by atoms with Gasteiger partial charge < -0.3 is 19.5 Å². The molecule has 2 aliphatic rings. The van der Waals surface area contributed by atoms with Gasteiger partial charge in [-0.1, -0.05) is 19.1 Å². The quantitative estimate of drug-likeness (QED) is 0.578. The summed E-state index contributed by atoms with van der Waals surface area (Å²) in [6.45, 7) is 4.37. The highest BCUT2D eigenvalue weighted by Crippen LogP contribution is 2.48. The molecule has 1 aliphatic heterocycles. The molecule has 0 radical (unpaired) electrons. The lowest BCUT2D eigenvalue weighted by Gasteiger charge is -2.16. The molecule has 0 saturated carbocycles. The number of halogens is 1. The van der Waals surface area contributed by atoms with Gasteiger partial charge in [0.15, 0.2) is 5.78 Å². The van der Waals surface area contributed by atoms with E-state index in [1.807, 2.05) is 30.3 Å². The first-order valence-electron chi connectivity index (χ1n) is 10.1. The second-order valence-corrected chi connectivity index (χ2v) is 7.33. The van der Waals surface area contributed by atoms with Crippen LogP contribution >= 0.6 is 12.4 Å². The highest BCUT2D eigenvalue weighted by molar-refractivity contribution is 6.23. The van der Waals surface area contributed by atoms with E-state index in [1.54, 1.807) is 7.11 Å². The first kappa shape index (κ1) is 21.5. The number of methoxy groups -OCH3 is 1. The van der Waals surface area contributed by atoms with E-state index in [1.165, 1.54) is 12.8 Å². The molecule has 1 N–H and O–H groups in total. The third kappa shape index (κ3) is 4.21. The monoisotopic (exact) mass is 417 g/mol. The first-order valence-corrected chi connectivity index (χ1v) is 10.1. The summed E-state index contributed by atoms with van der Waals surface area (Å²) in [5.41, 5.74) is 2.92. The molecule has 1 fully saturated rings. The Morgan fingerprint density at radius 1 is 1.07 bits per heavy atom. The third-order valence-electron chi connectivity index (χ3n) is 5.42. The van der Waals surface area contributed by atoms with Crippen LogP contribution in [0.4, 0.5) is 0 Å². The highest BCUT2D eigenvalue weighted by atomic mass is 35.5. The van der Waals surface area contributed by atoms with Crippen LogP contribution in [0.5, 0.6) is 17.2 Å². The number of rotatable bonds is 8. The Hall–Kier alpha value is -2.24. The first-order chi connectivity index (χ1) is 13.7. The maximum absolute atomic E-state index is 13.0. The number of carbonyl (C=O) groups excluding carboxylic acids is 1. The van der Waals surface area contributed by atoms with Gasteiger partial charge in [0, 0.05) is 34.4 Å². The van der Waals surface area contributed by atoms with E-state index in [0.29, 0.717) is 41.9 Å². The normalized spacial score (nSPS) is 16.8. The summed E-state index contributed by atoms with van der Waals surface area (Å²) in [5, 5.41) is 3.49. The van der Waals surface area contributed by atoms with Gasteiger partial charge in [-0.05, 0) is 44.4 Å². The van der Waals surface area contributed by atoms with E-state index in [-0.39, 0.29) is 18.2 Å². The fraction of sp³-hybridized carbons (Fsp3) is 0.435. The van der Waals surface area contributed by atoms with Crippen LogP contribution in [0.1, 0.15) is 48.5 Å². The Bertz CT molecular complexity index is 877. The molecule has 1 saturated heterocycles. The SMILES string of the molecule is CCCOc1cc(OC)c2c(c1)C(=O)c1cccc(OCCC3CCCN3)c1-2.Cl. The van der Waals surface area contributed by atoms with Gasteiger partial charge >= 0.3 is 0 Å². The number of hydrogen-bond donors (Lipinski definition) is 1. The van der Waals surface area contributed by atoms with Gasteiger partial charge in [0.2, 0.25) is 0 Å². The van der Waals surface area contributed by atoms with Crippen LogP contribution in [0.25, 0.3) is 11.1 Å². The maximum Gasteiger partial charge on any atom is 0.194 e. The van der Waals surface area contributed by atoms with Crippen molar-refractivity contribution in [2.45, 2.75) is 38.6 Å². The number of ether oxygens (including phenoxy) is 3. The molecular weight excluding hydrogens is 390 g/mol. The molecule has 6 heteroatoms.